The second-order valence-corrected chi connectivity index (χ2v) is 5.48. The van der Waals surface area contributed by atoms with E-state index in [-0.39, 0.29) is 6.04 Å². The first kappa shape index (κ1) is 13.1. The van der Waals surface area contributed by atoms with Gasteiger partial charge in [0.2, 0.25) is 0 Å². The van der Waals surface area contributed by atoms with E-state index in [1.54, 1.807) is 0 Å². The predicted molar refractivity (Wildman–Crippen MR) is 85.3 cm³/mol. The summed E-state index contributed by atoms with van der Waals surface area (Å²) in [7, 11) is 0. The number of hydrogen-bond acceptors (Lipinski definition) is 1. The summed E-state index contributed by atoms with van der Waals surface area (Å²) in [5.41, 5.74) is 11.7. The number of nitrogens with two attached hydrogens (primary N) is 1. The van der Waals surface area contributed by atoms with E-state index in [4.69, 9.17) is 5.73 Å². The lowest BCUT2D eigenvalue weighted by molar-refractivity contribution is 0.538. The third kappa shape index (κ3) is 2.68. The zero-order valence-electron chi connectivity index (χ0n) is 11.8. The van der Waals surface area contributed by atoms with Crippen LogP contribution in [0.3, 0.4) is 0 Å². The Hall–Kier alpha value is -1.86. The van der Waals surface area contributed by atoms with Crippen molar-refractivity contribution < 1.29 is 0 Å². The molecule has 0 spiro atoms. The number of hydrogen-bond donors (Lipinski definition) is 1. The Morgan fingerprint density at radius 1 is 0.800 bits per heavy atom. The van der Waals surface area contributed by atoms with Gasteiger partial charge in [-0.2, -0.15) is 0 Å². The molecule has 0 saturated heterocycles. The summed E-state index contributed by atoms with van der Waals surface area (Å²) in [5, 5.41) is 0. The maximum Gasteiger partial charge on any atom is 0.0263 e. The maximum absolute atomic E-state index is 6.40. The third-order valence-corrected chi connectivity index (χ3v) is 4.10. The van der Waals surface area contributed by atoms with E-state index >= 15 is 0 Å². The first-order chi connectivity index (χ1) is 9.86. The SMILES string of the molecule is NC1CCCCC1=C(c1ccccc1)c1ccccc1. The van der Waals surface area contributed by atoms with Crippen LogP contribution in [0.4, 0.5) is 0 Å². The minimum Gasteiger partial charge on any atom is -0.324 e. The van der Waals surface area contributed by atoms with Gasteiger partial charge in [0.15, 0.2) is 0 Å². The van der Waals surface area contributed by atoms with Gasteiger partial charge in [0.05, 0.1) is 0 Å². The summed E-state index contributed by atoms with van der Waals surface area (Å²) >= 11 is 0. The average Bonchev–Trinajstić information content (AvgIpc) is 2.52. The highest BCUT2D eigenvalue weighted by molar-refractivity contribution is 5.82. The highest BCUT2D eigenvalue weighted by atomic mass is 14.6. The van der Waals surface area contributed by atoms with Crippen LogP contribution in [0.15, 0.2) is 66.2 Å². The number of benzene rings is 2. The molecule has 1 unspecified atom stereocenters. The molecule has 0 aromatic heterocycles. The van der Waals surface area contributed by atoms with Crippen molar-refractivity contribution in [2.24, 2.45) is 5.73 Å². The molecule has 0 amide bonds. The van der Waals surface area contributed by atoms with Crippen molar-refractivity contribution in [3.05, 3.63) is 77.4 Å². The highest BCUT2D eigenvalue weighted by Crippen LogP contribution is 2.34. The largest absolute Gasteiger partial charge is 0.324 e. The average molecular weight is 263 g/mol. The van der Waals surface area contributed by atoms with Crippen molar-refractivity contribution in [2.75, 3.05) is 0 Å². The molecular weight excluding hydrogens is 242 g/mol. The van der Waals surface area contributed by atoms with Crippen molar-refractivity contribution in [2.45, 2.75) is 31.7 Å². The Morgan fingerprint density at radius 2 is 1.35 bits per heavy atom. The van der Waals surface area contributed by atoms with Crippen LogP contribution in [-0.4, -0.2) is 6.04 Å². The van der Waals surface area contributed by atoms with E-state index in [1.165, 1.54) is 35.1 Å². The van der Waals surface area contributed by atoms with Gasteiger partial charge in [0, 0.05) is 6.04 Å². The zero-order valence-corrected chi connectivity index (χ0v) is 11.8. The molecular formula is C19H21N. The first-order valence-corrected chi connectivity index (χ1v) is 7.46. The lowest BCUT2D eigenvalue weighted by atomic mass is 9.82. The van der Waals surface area contributed by atoms with Gasteiger partial charge in [-0.1, -0.05) is 67.1 Å². The Bertz CT molecular complexity index is 542. The fourth-order valence-electron chi connectivity index (χ4n) is 3.10. The topological polar surface area (TPSA) is 26.0 Å². The van der Waals surface area contributed by atoms with E-state index in [1.807, 2.05) is 0 Å². The van der Waals surface area contributed by atoms with Gasteiger partial charge in [-0.3, -0.25) is 0 Å². The molecule has 3 rings (SSSR count). The molecule has 1 heteroatoms. The van der Waals surface area contributed by atoms with Gasteiger partial charge in [0.25, 0.3) is 0 Å². The van der Waals surface area contributed by atoms with Crippen molar-refractivity contribution in [3.8, 4) is 0 Å². The quantitative estimate of drug-likeness (QED) is 0.854. The van der Waals surface area contributed by atoms with Crippen molar-refractivity contribution >= 4 is 5.57 Å². The normalized spacial score (nSPS) is 18.9. The number of rotatable bonds is 2. The summed E-state index contributed by atoms with van der Waals surface area (Å²) in [6.07, 6.45) is 4.74. The van der Waals surface area contributed by atoms with E-state index in [9.17, 15) is 0 Å². The highest BCUT2D eigenvalue weighted by Gasteiger charge is 2.20. The molecule has 0 heterocycles. The predicted octanol–water partition coefficient (Wildman–Crippen LogP) is 4.39. The second kappa shape index (κ2) is 6.06. The molecule has 20 heavy (non-hydrogen) atoms. The minimum atomic E-state index is 0.208. The van der Waals surface area contributed by atoms with Crippen molar-refractivity contribution in [1.82, 2.24) is 0 Å². The molecule has 2 aromatic carbocycles. The maximum atomic E-state index is 6.40. The van der Waals surface area contributed by atoms with Gasteiger partial charge in [0.1, 0.15) is 0 Å². The van der Waals surface area contributed by atoms with Crippen LogP contribution >= 0.6 is 0 Å². The van der Waals surface area contributed by atoms with Crippen LogP contribution in [0, 0.1) is 0 Å². The molecule has 102 valence electrons. The monoisotopic (exact) mass is 263 g/mol. The Morgan fingerprint density at radius 3 is 1.85 bits per heavy atom. The van der Waals surface area contributed by atoms with E-state index in [0.29, 0.717) is 0 Å². The summed E-state index contributed by atoms with van der Waals surface area (Å²) in [6.45, 7) is 0. The standard InChI is InChI=1S/C19H21N/c20-18-14-8-7-13-17(18)19(15-9-3-1-4-10-15)16-11-5-2-6-12-16/h1-6,9-12,18H,7-8,13-14,20H2. The molecule has 1 saturated carbocycles. The molecule has 1 fully saturated rings. The Balaban J connectivity index is 2.16. The molecule has 1 nitrogen and oxygen atoms in total. The summed E-state index contributed by atoms with van der Waals surface area (Å²) in [5.74, 6) is 0. The fourth-order valence-corrected chi connectivity index (χ4v) is 3.10. The van der Waals surface area contributed by atoms with Crippen LogP contribution in [0.2, 0.25) is 0 Å². The Labute approximate surface area is 121 Å². The molecule has 0 bridgehead atoms. The lowest BCUT2D eigenvalue weighted by Gasteiger charge is -2.26. The third-order valence-electron chi connectivity index (χ3n) is 4.10. The molecule has 2 N–H and O–H groups in total. The fraction of sp³-hybridized carbons (Fsp3) is 0.263. The molecule has 1 aliphatic carbocycles. The van der Waals surface area contributed by atoms with Crippen LogP contribution in [0.1, 0.15) is 36.8 Å². The minimum absolute atomic E-state index is 0.208. The molecule has 1 atom stereocenters. The molecule has 0 radical (unpaired) electrons. The lowest BCUT2D eigenvalue weighted by Crippen LogP contribution is -2.27. The van der Waals surface area contributed by atoms with Gasteiger partial charge in [-0.15, -0.1) is 0 Å². The molecule has 1 aliphatic rings. The van der Waals surface area contributed by atoms with Crippen LogP contribution in [-0.2, 0) is 0 Å². The van der Waals surface area contributed by atoms with Crippen LogP contribution < -0.4 is 5.73 Å². The second-order valence-electron chi connectivity index (χ2n) is 5.48. The Kier molecular flexibility index (Phi) is 3.98. The molecule has 2 aromatic rings. The van der Waals surface area contributed by atoms with E-state index < -0.39 is 0 Å². The van der Waals surface area contributed by atoms with Crippen molar-refractivity contribution in [3.63, 3.8) is 0 Å². The van der Waals surface area contributed by atoms with Crippen LogP contribution in [0.25, 0.3) is 5.57 Å². The van der Waals surface area contributed by atoms with Crippen LogP contribution in [0.5, 0.6) is 0 Å². The zero-order chi connectivity index (χ0) is 13.8. The van der Waals surface area contributed by atoms with Gasteiger partial charge >= 0.3 is 0 Å². The van der Waals surface area contributed by atoms with Gasteiger partial charge in [-0.05, 0) is 41.5 Å². The first-order valence-electron chi connectivity index (χ1n) is 7.46. The van der Waals surface area contributed by atoms with E-state index in [0.717, 1.165) is 12.8 Å². The smallest absolute Gasteiger partial charge is 0.0263 e. The van der Waals surface area contributed by atoms with E-state index in [2.05, 4.69) is 60.7 Å². The van der Waals surface area contributed by atoms with Crippen molar-refractivity contribution in [1.29, 1.82) is 0 Å². The van der Waals surface area contributed by atoms with Gasteiger partial charge in [-0.25, -0.2) is 0 Å². The summed E-state index contributed by atoms with van der Waals surface area (Å²) in [6, 6.07) is 21.5. The molecule has 0 aliphatic heterocycles. The summed E-state index contributed by atoms with van der Waals surface area (Å²) in [4.78, 5) is 0. The van der Waals surface area contributed by atoms with Gasteiger partial charge < -0.3 is 5.73 Å². The summed E-state index contributed by atoms with van der Waals surface area (Å²) < 4.78 is 0.